The topological polar surface area (TPSA) is 76.1 Å². The maximum Gasteiger partial charge on any atom is 0.262 e. The molecule has 1 heterocycles. The summed E-state index contributed by atoms with van der Waals surface area (Å²) in [5.41, 5.74) is 5.15. The van der Waals surface area contributed by atoms with E-state index in [0.717, 1.165) is 19.4 Å². The predicted molar refractivity (Wildman–Crippen MR) is 95.3 cm³/mol. The number of allylic oxidation sites excluding steroid dienone is 1. The molecule has 0 spiro atoms. The van der Waals surface area contributed by atoms with E-state index in [1.54, 1.807) is 18.5 Å². The molecule has 128 valence electrons. The number of hydrogen-bond donors (Lipinski definition) is 2. The van der Waals surface area contributed by atoms with Gasteiger partial charge in [0.15, 0.2) is 8.32 Å². The van der Waals surface area contributed by atoms with E-state index in [0.29, 0.717) is 5.95 Å². The van der Waals surface area contributed by atoms with E-state index in [9.17, 15) is 4.79 Å². The van der Waals surface area contributed by atoms with Crippen molar-refractivity contribution >= 4 is 20.2 Å². The standard InChI is InChI=1S/C16H28N4O2Si/c1-16(2,3)23(4,5)22-13-8-6-7-10-14(21)19-20-15-17-11-9-12-18-15/h7,9-12H,6,8,13H2,1-5H3,(H,19,21)(H,17,18,20)/b10-7+. The van der Waals surface area contributed by atoms with Crippen molar-refractivity contribution in [1.29, 1.82) is 0 Å². The Morgan fingerprint density at radius 1 is 1.30 bits per heavy atom. The first-order valence-corrected chi connectivity index (χ1v) is 10.8. The van der Waals surface area contributed by atoms with Crippen LogP contribution in [-0.2, 0) is 9.22 Å². The summed E-state index contributed by atoms with van der Waals surface area (Å²) in [6.07, 6.45) is 8.26. The Labute approximate surface area is 139 Å². The summed E-state index contributed by atoms with van der Waals surface area (Å²) < 4.78 is 6.08. The normalized spacial score (nSPS) is 12.4. The second-order valence-electron chi connectivity index (χ2n) is 6.84. The molecule has 0 fully saturated rings. The highest BCUT2D eigenvalue weighted by molar-refractivity contribution is 6.74. The molecule has 1 aromatic heterocycles. The summed E-state index contributed by atoms with van der Waals surface area (Å²) in [6, 6.07) is 1.71. The molecule has 0 saturated carbocycles. The van der Waals surface area contributed by atoms with E-state index in [4.69, 9.17) is 4.43 Å². The van der Waals surface area contributed by atoms with Gasteiger partial charge in [-0.05, 0) is 37.0 Å². The minimum absolute atomic E-state index is 0.230. The van der Waals surface area contributed by atoms with Gasteiger partial charge in [0.25, 0.3) is 5.91 Å². The maximum absolute atomic E-state index is 11.6. The third-order valence-corrected chi connectivity index (χ3v) is 8.45. The van der Waals surface area contributed by atoms with Gasteiger partial charge < -0.3 is 4.43 Å². The Morgan fingerprint density at radius 3 is 2.57 bits per heavy atom. The van der Waals surface area contributed by atoms with E-state index in [1.165, 1.54) is 6.08 Å². The number of hydrogen-bond acceptors (Lipinski definition) is 5. The van der Waals surface area contributed by atoms with Crippen molar-refractivity contribution in [2.75, 3.05) is 12.0 Å². The van der Waals surface area contributed by atoms with Gasteiger partial charge in [-0.25, -0.2) is 9.97 Å². The third kappa shape index (κ3) is 7.38. The van der Waals surface area contributed by atoms with Gasteiger partial charge in [-0.2, -0.15) is 0 Å². The average molecular weight is 337 g/mol. The number of rotatable bonds is 8. The molecule has 1 aromatic rings. The van der Waals surface area contributed by atoms with Gasteiger partial charge >= 0.3 is 0 Å². The SMILES string of the molecule is CC(C)(C)[Si](C)(C)OCCC/C=C/C(=O)NNc1ncccn1. The van der Waals surface area contributed by atoms with E-state index in [1.807, 2.05) is 6.08 Å². The van der Waals surface area contributed by atoms with Gasteiger partial charge in [0, 0.05) is 25.1 Å². The first kappa shape index (κ1) is 19.3. The van der Waals surface area contributed by atoms with Crippen molar-refractivity contribution in [1.82, 2.24) is 15.4 Å². The molecule has 0 bridgehead atoms. The maximum atomic E-state index is 11.6. The Kier molecular flexibility index (Phi) is 7.38. The lowest BCUT2D eigenvalue weighted by Crippen LogP contribution is -2.40. The molecule has 0 atom stereocenters. The molecule has 0 radical (unpaired) electrons. The molecule has 0 saturated heterocycles. The number of nitrogens with zero attached hydrogens (tertiary/aromatic N) is 2. The molecule has 7 heteroatoms. The number of aromatic nitrogens is 2. The van der Waals surface area contributed by atoms with Gasteiger partial charge in [-0.1, -0.05) is 26.8 Å². The van der Waals surface area contributed by atoms with Crippen LogP contribution in [0.15, 0.2) is 30.6 Å². The molecule has 0 unspecified atom stereocenters. The van der Waals surface area contributed by atoms with Gasteiger partial charge in [-0.15, -0.1) is 0 Å². The summed E-state index contributed by atoms with van der Waals surface area (Å²) in [5.74, 6) is 0.125. The van der Waals surface area contributed by atoms with Crippen LogP contribution in [0, 0.1) is 0 Å². The third-order valence-electron chi connectivity index (χ3n) is 3.92. The van der Waals surface area contributed by atoms with Crippen molar-refractivity contribution in [2.24, 2.45) is 0 Å². The fourth-order valence-electron chi connectivity index (χ4n) is 1.46. The monoisotopic (exact) mass is 336 g/mol. The van der Waals surface area contributed by atoms with Crippen LogP contribution in [0.3, 0.4) is 0 Å². The lowest BCUT2D eigenvalue weighted by atomic mass is 10.2. The minimum Gasteiger partial charge on any atom is -0.417 e. The first-order chi connectivity index (χ1) is 10.7. The number of hydrazine groups is 1. The largest absolute Gasteiger partial charge is 0.417 e. The van der Waals surface area contributed by atoms with E-state index in [2.05, 4.69) is 54.7 Å². The molecule has 1 rings (SSSR count). The molecule has 0 aliphatic heterocycles. The van der Waals surface area contributed by atoms with Crippen molar-refractivity contribution in [3.8, 4) is 0 Å². The average Bonchev–Trinajstić information content (AvgIpc) is 2.48. The molecule has 6 nitrogen and oxygen atoms in total. The number of carbonyl (C=O) groups is 1. The highest BCUT2D eigenvalue weighted by atomic mass is 28.4. The van der Waals surface area contributed by atoms with E-state index in [-0.39, 0.29) is 10.9 Å². The van der Waals surface area contributed by atoms with Crippen LogP contribution < -0.4 is 10.9 Å². The van der Waals surface area contributed by atoms with Crippen LogP contribution in [0.5, 0.6) is 0 Å². The zero-order valence-corrected chi connectivity index (χ0v) is 15.7. The smallest absolute Gasteiger partial charge is 0.262 e. The van der Waals surface area contributed by atoms with Gasteiger partial charge in [-0.3, -0.25) is 15.6 Å². The molecule has 2 N–H and O–H groups in total. The zero-order chi connectivity index (χ0) is 17.3. The van der Waals surface area contributed by atoms with Crippen LogP contribution in [-0.4, -0.2) is 30.8 Å². The predicted octanol–water partition coefficient (Wildman–Crippen LogP) is 3.28. The number of anilines is 1. The Morgan fingerprint density at radius 2 is 1.96 bits per heavy atom. The van der Waals surface area contributed by atoms with Crippen molar-refractivity contribution in [3.05, 3.63) is 30.6 Å². The van der Waals surface area contributed by atoms with Crippen LogP contribution in [0.25, 0.3) is 0 Å². The molecule has 0 aromatic carbocycles. The first-order valence-electron chi connectivity index (χ1n) is 7.86. The Hall–Kier alpha value is -1.73. The highest BCUT2D eigenvalue weighted by Gasteiger charge is 2.36. The highest BCUT2D eigenvalue weighted by Crippen LogP contribution is 2.36. The number of carbonyl (C=O) groups excluding carboxylic acids is 1. The lowest BCUT2D eigenvalue weighted by molar-refractivity contribution is -0.116. The Balaban J connectivity index is 2.18. The van der Waals surface area contributed by atoms with E-state index >= 15 is 0 Å². The number of unbranched alkanes of at least 4 members (excludes halogenated alkanes) is 1. The van der Waals surface area contributed by atoms with Crippen LogP contribution in [0.1, 0.15) is 33.6 Å². The zero-order valence-electron chi connectivity index (χ0n) is 14.7. The van der Waals surface area contributed by atoms with Crippen LogP contribution >= 0.6 is 0 Å². The quantitative estimate of drug-likeness (QED) is 0.330. The lowest BCUT2D eigenvalue weighted by Gasteiger charge is -2.36. The van der Waals surface area contributed by atoms with Gasteiger partial charge in [0.1, 0.15) is 0 Å². The molecule has 1 amide bonds. The summed E-state index contributed by atoms with van der Waals surface area (Å²) in [4.78, 5) is 19.5. The molecule has 23 heavy (non-hydrogen) atoms. The van der Waals surface area contributed by atoms with E-state index < -0.39 is 8.32 Å². The fourth-order valence-corrected chi connectivity index (χ4v) is 2.55. The molecule has 0 aliphatic carbocycles. The summed E-state index contributed by atoms with van der Waals surface area (Å²) in [5, 5.41) is 0.230. The second kappa shape index (κ2) is 8.78. The molecular weight excluding hydrogens is 308 g/mol. The second-order valence-corrected chi connectivity index (χ2v) is 11.6. The van der Waals surface area contributed by atoms with Gasteiger partial charge in [0.05, 0.1) is 0 Å². The minimum atomic E-state index is -1.66. The van der Waals surface area contributed by atoms with Crippen LogP contribution in [0.4, 0.5) is 5.95 Å². The fraction of sp³-hybridized carbons (Fsp3) is 0.562. The molecule has 0 aliphatic rings. The number of amides is 1. The summed E-state index contributed by atoms with van der Waals surface area (Å²) >= 11 is 0. The summed E-state index contributed by atoms with van der Waals surface area (Å²) in [6.45, 7) is 11.9. The number of nitrogens with one attached hydrogen (secondary N) is 2. The van der Waals surface area contributed by atoms with Crippen molar-refractivity contribution in [3.63, 3.8) is 0 Å². The molecular formula is C16H28N4O2Si. The Bertz CT molecular complexity index is 513. The van der Waals surface area contributed by atoms with Crippen molar-refractivity contribution < 1.29 is 9.22 Å². The van der Waals surface area contributed by atoms with Crippen LogP contribution in [0.2, 0.25) is 18.1 Å². The van der Waals surface area contributed by atoms with Crippen molar-refractivity contribution in [2.45, 2.75) is 51.7 Å². The summed E-state index contributed by atoms with van der Waals surface area (Å²) in [7, 11) is -1.66. The van der Waals surface area contributed by atoms with Gasteiger partial charge in [0.2, 0.25) is 5.95 Å².